The summed E-state index contributed by atoms with van der Waals surface area (Å²) in [5.74, 6) is 0. The zero-order chi connectivity index (χ0) is 12.6. The van der Waals surface area contributed by atoms with Crippen LogP contribution < -0.4 is 4.74 Å². The van der Waals surface area contributed by atoms with Crippen LogP contribution in [0.4, 0.5) is 13.2 Å². The van der Waals surface area contributed by atoms with Gasteiger partial charge < -0.3 is 4.74 Å². The number of thiazole rings is 1. The molecule has 0 bridgehead atoms. The maximum atomic E-state index is 12.3. The molecule has 0 radical (unpaired) electrons. The highest BCUT2D eigenvalue weighted by atomic mass is 35.7. The van der Waals surface area contributed by atoms with E-state index in [9.17, 15) is 21.6 Å². The van der Waals surface area contributed by atoms with E-state index in [2.05, 4.69) is 4.98 Å². The molecule has 0 aliphatic rings. The Morgan fingerprint density at radius 1 is 1.50 bits per heavy atom. The average Bonchev–Trinajstić information content (AvgIpc) is 2.46. The molecule has 0 saturated carbocycles. The van der Waals surface area contributed by atoms with Crippen LogP contribution in [0.25, 0.3) is 0 Å². The largest absolute Gasteiger partial charge is 0.482 e. The monoisotopic (exact) mass is 295 g/mol. The Morgan fingerprint density at radius 3 is 2.44 bits per heavy atom. The lowest BCUT2D eigenvalue weighted by atomic mass is 10.7. The maximum Gasteiger partial charge on any atom is 0.443 e. The van der Waals surface area contributed by atoms with Crippen LogP contribution in [0.2, 0.25) is 0 Å². The van der Waals surface area contributed by atoms with Gasteiger partial charge in [0.2, 0.25) is 15.1 Å². The smallest absolute Gasteiger partial charge is 0.443 e. The molecule has 1 aromatic heterocycles. The number of ether oxygens (including phenoxy) is 1. The molecule has 0 atom stereocenters. The molecule has 1 rings (SSSR count). The minimum atomic E-state index is -4.73. The van der Waals surface area contributed by atoms with Crippen LogP contribution in [-0.4, -0.2) is 20.0 Å². The molecule has 1 aromatic rings. The molecule has 10 heteroatoms. The number of halogens is 4. The highest BCUT2D eigenvalue weighted by Gasteiger charge is 2.38. The Labute approximate surface area is 97.4 Å². The zero-order valence-corrected chi connectivity index (χ0v) is 10.1. The van der Waals surface area contributed by atoms with Gasteiger partial charge in [0.1, 0.15) is 0 Å². The summed E-state index contributed by atoms with van der Waals surface area (Å²) in [6, 6.07) is 0. The Morgan fingerprint density at radius 2 is 2.06 bits per heavy atom. The van der Waals surface area contributed by atoms with Crippen molar-refractivity contribution < 1.29 is 26.3 Å². The first-order valence-corrected chi connectivity index (χ1v) is 6.94. The lowest BCUT2D eigenvalue weighted by Gasteiger charge is -1.99. The summed E-state index contributed by atoms with van der Waals surface area (Å²) in [5, 5.41) is -2.66. The van der Waals surface area contributed by atoms with Gasteiger partial charge in [0, 0.05) is 10.7 Å². The normalized spacial score (nSPS) is 12.8. The van der Waals surface area contributed by atoms with Crippen LogP contribution in [0.15, 0.2) is 5.03 Å². The second-order valence-electron chi connectivity index (χ2n) is 2.48. The van der Waals surface area contributed by atoms with E-state index in [4.69, 9.17) is 15.4 Å². The fourth-order valence-electron chi connectivity index (χ4n) is 0.790. The minimum absolute atomic E-state index is 0.0128. The van der Waals surface area contributed by atoms with E-state index < -0.39 is 30.3 Å². The third kappa shape index (κ3) is 2.98. The van der Waals surface area contributed by atoms with E-state index in [0.29, 0.717) is 0 Å². The van der Waals surface area contributed by atoms with Gasteiger partial charge in [-0.2, -0.15) is 13.2 Å². The average molecular weight is 296 g/mol. The zero-order valence-electron chi connectivity index (χ0n) is 7.71. The summed E-state index contributed by atoms with van der Waals surface area (Å²) in [7, 11) is 0.583. The quantitative estimate of drug-likeness (QED) is 0.804. The number of aromatic nitrogens is 1. The first-order chi connectivity index (χ1) is 7.16. The summed E-state index contributed by atoms with van der Waals surface area (Å²) in [5.41, 5.74) is 0. The fourth-order valence-corrected chi connectivity index (χ4v) is 2.95. The van der Waals surface area contributed by atoms with Gasteiger partial charge >= 0.3 is 6.18 Å². The van der Waals surface area contributed by atoms with E-state index in [1.54, 1.807) is 0 Å². The van der Waals surface area contributed by atoms with Gasteiger partial charge in [0.25, 0.3) is 9.05 Å². The number of alkyl halides is 3. The van der Waals surface area contributed by atoms with E-state index >= 15 is 0 Å². The maximum absolute atomic E-state index is 12.3. The van der Waals surface area contributed by atoms with Gasteiger partial charge in [-0.05, 0) is 6.92 Å². The standard InChI is InChI=1S/C6H5ClF3NO3S2/c1-2-14-4-3(16(7,12)13)11-5(15-4)6(8,9)10/h2H2,1H3. The van der Waals surface area contributed by atoms with Crippen LogP contribution in [0.1, 0.15) is 11.9 Å². The molecular formula is C6H5ClF3NO3S2. The lowest BCUT2D eigenvalue weighted by Crippen LogP contribution is -2.04. The van der Waals surface area contributed by atoms with E-state index in [-0.39, 0.29) is 17.9 Å². The predicted octanol–water partition coefficient (Wildman–Crippen LogP) is 2.49. The Balaban J connectivity index is 3.32. The topological polar surface area (TPSA) is 56.3 Å². The predicted molar refractivity (Wildman–Crippen MR) is 51.3 cm³/mol. The summed E-state index contributed by atoms with van der Waals surface area (Å²) in [6.45, 7) is 1.51. The molecule has 0 aromatic carbocycles. The fraction of sp³-hybridized carbons (Fsp3) is 0.500. The van der Waals surface area contributed by atoms with Crippen molar-refractivity contribution in [3.05, 3.63) is 5.01 Å². The Bertz CT molecular complexity index is 482. The van der Waals surface area contributed by atoms with Crippen molar-refractivity contribution in [1.29, 1.82) is 0 Å². The van der Waals surface area contributed by atoms with Crippen molar-refractivity contribution in [2.45, 2.75) is 18.1 Å². The summed E-state index contributed by atoms with van der Waals surface area (Å²) < 4.78 is 63.4. The molecule has 0 fully saturated rings. The van der Waals surface area contributed by atoms with Gasteiger partial charge in [-0.25, -0.2) is 13.4 Å². The van der Waals surface area contributed by atoms with Crippen molar-refractivity contribution in [1.82, 2.24) is 4.98 Å². The molecule has 0 aliphatic heterocycles. The van der Waals surface area contributed by atoms with Gasteiger partial charge in [0.05, 0.1) is 6.61 Å². The van der Waals surface area contributed by atoms with Gasteiger partial charge in [-0.1, -0.05) is 11.3 Å². The Hall–Kier alpha value is -0.540. The van der Waals surface area contributed by atoms with Crippen LogP contribution in [0.3, 0.4) is 0 Å². The molecule has 4 nitrogen and oxygen atoms in total. The van der Waals surface area contributed by atoms with Crippen molar-refractivity contribution in [2.75, 3.05) is 6.61 Å². The molecular weight excluding hydrogens is 291 g/mol. The first-order valence-electron chi connectivity index (χ1n) is 3.81. The number of hydrogen-bond acceptors (Lipinski definition) is 5. The van der Waals surface area contributed by atoms with Gasteiger partial charge in [-0.3, -0.25) is 0 Å². The minimum Gasteiger partial charge on any atom is -0.482 e. The van der Waals surface area contributed by atoms with Crippen molar-refractivity contribution in [3.8, 4) is 5.06 Å². The van der Waals surface area contributed by atoms with Crippen LogP contribution in [-0.2, 0) is 15.2 Å². The third-order valence-electron chi connectivity index (χ3n) is 1.32. The van der Waals surface area contributed by atoms with Crippen LogP contribution in [0, 0.1) is 0 Å². The van der Waals surface area contributed by atoms with Crippen molar-refractivity contribution in [3.63, 3.8) is 0 Å². The van der Waals surface area contributed by atoms with E-state index in [1.807, 2.05) is 0 Å². The summed E-state index contributed by atoms with van der Waals surface area (Å²) in [4.78, 5) is 2.92. The molecule has 0 spiro atoms. The third-order valence-corrected chi connectivity index (χ3v) is 3.63. The van der Waals surface area contributed by atoms with Gasteiger partial charge in [0.15, 0.2) is 0 Å². The highest BCUT2D eigenvalue weighted by Crippen LogP contribution is 2.40. The number of rotatable bonds is 3. The molecule has 0 saturated heterocycles. The molecule has 1 heterocycles. The molecule has 16 heavy (non-hydrogen) atoms. The summed E-state index contributed by atoms with van der Waals surface area (Å²) in [6.07, 6.45) is -4.73. The second-order valence-corrected chi connectivity index (χ2v) is 5.92. The SMILES string of the molecule is CCOc1sc(C(F)(F)F)nc1S(=O)(=O)Cl. The highest BCUT2D eigenvalue weighted by molar-refractivity contribution is 8.13. The van der Waals surface area contributed by atoms with E-state index in [0.717, 1.165) is 0 Å². The van der Waals surface area contributed by atoms with Crippen LogP contribution in [0.5, 0.6) is 5.06 Å². The lowest BCUT2D eigenvalue weighted by molar-refractivity contribution is -0.137. The number of nitrogens with zero attached hydrogens (tertiary/aromatic N) is 1. The van der Waals surface area contributed by atoms with Crippen LogP contribution >= 0.6 is 22.0 Å². The molecule has 0 amide bonds. The molecule has 0 aliphatic carbocycles. The number of hydrogen-bond donors (Lipinski definition) is 0. The Kier molecular flexibility index (Phi) is 3.70. The summed E-state index contributed by atoms with van der Waals surface area (Å²) >= 11 is 0.0959. The van der Waals surface area contributed by atoms with E-state index in [1.165, 1.54) is 6.92 Å². The molecule has 0 N–H and O–H groups in total. The molecule has 92 valence electrons. The van der Waals surface area contributed by atoms with Gasteiger partial charge in [-0.15, -0.1) is 0 Å². The first kappa shape index (κ1) is 13.5. The second kappa shape index (κ2) is 4.38. The molecule has 0 unspecified atom stereocenters. The van der Waals surface area contributed by atoms with Crippen molar-refractivity contribution in [2.24, 2.45) is 0 Å². The van der Waals surface area contributed by atoms with Crippen molar-refractivity contribution >= 4 is 31.1 Å².